The number of hydrogen-bond donors (Lipinski definition) is 0. The summed E-state index contributed by atoms with van der Waals surface area (Å²) < 4.78 is 0. The van der Waals surface area contributed by atoms with Crippen molar-refractivity contribution in [1.82, 2.24) is 0 Å². The molecule has 0 radical (unpaired) electrons. The summed E-state index contributed by atoms with van der Waals surface area (Å²) in [5.41, 5.74) is 1.80. The van der Waals surface area contributed by atoms with Crippen molar-refractivity contribution in [1.29, 1.82) is 0 Å². The molecule has 0 N–H and O–H groups in total. The van der Waals surface area contributed by atoms with Crippen molar-refractivity contribution in [3.05, 3.63) is 45.6 Å². The van der Waals surface area contributed by atoms with Crippen molar-refractivity contribution in [3.8, 4) is 6.07 Å². The van der Waals surface area contributed by atoms with Crippen LogP contribution in [0.15, 0.2) is 29.3 Å². The van der Waals surface area contributed by atoms with Crippen LogP contribution < -0.4 is 0 Å². The third kappa shape index (κ3) is 1.88. The Morgan fingerprint density at radius 2 is 2.14 bits per heavy atom. The van der Waals surface area contributed by atoms with Gasteiger partial charge in [-0.25, -0.2) is 0 Å². The summed E-state index contributed by atoms with van der Waals surface area (Å²) in [6.45, 7) is 0.899. The topological polar surface area (TPSA) is 39.8 Å². The highest BCUT2D eigenvalue weighted by Crippen LogP contribution is 2.19. The van der Waals surface area contributed by atoms with Crippen molar-refractivity contribution >= 4 is 16.8 Å². The van der Waals surface area contributed by atoms with E-state index in [2.05, 4.69) is 16.1 Å². The largest absolute Gasteiger partial charge is 0.498 e. The molecule has 0 unspecified atom stereocenters. The third-order valence-electron chi connectivity index (χ3n) is 1.89. The number of rotatable bonds is 1. The van der Waals surface area contributed by atoms with Crippen LogP contribution >= 0.6 is 11.8 Å². The van der Waals surface area contributed by atoms with Crippen molar-refractivity contribution in [2.45, 2.75) is 0 Å². The molecule has 70 valence electrons. The second-order valence-electron chi connectivity index (χ2n) is 2.82. The molecule has 0 spiro atoms. The molecule has 1 aliphatic heterocycles. The summed E-state index contributed by atoms with van der Waals surface area (Å²) in [6, 6.07) is 9.85. The minimum Gasteiger partial charge on any atom is -0.498 e. The average molecular weight is 204 g/mol. The Labute approximate surface area is 86.3 Å². The zero-order valence-electron chi connectivity index (χ0n) is 7.43. The molecule has 1 aromatic carbocycles. The van der Waals surface area contributed by atoms with Crippen LogP contribution in [0.3, 0.4) is 0 Å². The molecular formula is C10H8N2OS. The molecule has 0 aromatic heterocycles. The maximum Gasteiger partial charge on any atom is 0.336 e. The number of hydrogen-bond acceptors (Lipinski definition) is 3. The molecule has 0 bridgehead atoms. The van der Waals surface area contributed by atoms with Crippen LogP contribution in [-0.2, 0) is 0 Å². The monoisotopic (exact) mass is 204 g/mol. The van der Waals surface area contributed by atoms with Crippen LogP contribution in [0.2, 0.25) is 0 Å². The number of thioether (sulfide) groups is 1. The zero-order valence-corrected chi connectivity index (χ0v) is 8.25. The Hall–Kier alpha value is -1.47. The average Bonchev–Trinajstić information content (AvgIpc) is 2.72. The minimum atomic E-state index is 0.701. The van der Waals surface area contributed by atoms with E-state index in [1.165, 1.54) is 0 Å². The lowest BCUT2D eigenvalue weighted by molar-refractivity contribution is 1.17. The Kier molecular flexibility index (Phi) is 2.70. The van der Waals surface area contributed by atoms with Gasteiger partial charge in [-0.05, 0) is 12.1 Å². The fraction of sp³-hybridized carbons (Fsp3) is 0.200. The van der Waals surface area contributed by atoms with E-state index in [0.29, 0.717) is 5.56 Å². The molecule has 2 rings (SSSR count). The Balaban J connectivity index is 2.24. The quantitative estimate of drug-likeness (QED) is 0.659. The lowest BCUT2D eigenvalue weighted by atomic mass is 10.2. The van der Waals surface area contributed by atoms with Crippen molar-refractivity contribution in [2.24, 2.45) is 4.99 Å². The van der Waals surface area contributed by atoms with E-state index >= 15 is 0 Å². The van der Waals surface area contributed by atoms with Crippen molar-refractivity contribution in [2.75, 3.05) is 12.3 Å². The van der Waals surface area contributed by atoms with E-state index in [-0.39, 0.29) is 0 Å². The van der Waals surface area contributed by atoms with E-state index in [0.717, 1.165) is 22.9 Å². The standard InChI is InChI=1S/C10H8N2OS/c13-12-7-8-1-3-9(4-2-8)10-11-5-6-14-10/h1-4H,5-6H2. The van der Waals surface area contributed by atoms with Gasteiger partial charge < -0.3 is 5.21 Å². The van der Waals surface area contributed by atoms with Crippen molar-refractivity contribution < 1.29 is 0 Å². The second kappa shape index (κ2) is 4.16. The highest BCUT2D eigenvalue weighted by atomic mass is 32.2. The van der Waals surface area contributed by atoms with Gasteiger partial charge in [-0.1, -0.05) is 12.1 Å². The minimum absolute atomic E-state index is 0.701. The van der Waals surface area contributed by atoms with Crippen LogP contribution in [0.5, 0.6) is 0 Å². The molecule has 3 nitrogen and oxygen atoms in total. The Morgan fingerprint density at radius 3 is 2.71 bits per heavy atom. The summed E-state index contributed by atoms with van der Waals surface area (Å²) in [7, 11) is 0. The summed E-state index contributed by atoms with van der Waals surface area (Å²) in [5.74, 6) is 1.06. The number of nitrogens with zero attached hydrogens (tertiary/aromatic N) is 2. The summed E-state index contributed by atoms with van der Waals surface area (Å²) >= 11 is 1.76. The van der Waals surface area contributed by atoms with Crippen LogP contribution in [0.1, 0.15) is 11.1 Å². The van der Waals surface area contributed by atoms with Crippen molar-refractivity contribution in [3.63, 3.8) is 0 Å². The molecule has 1 heterocycles. The molecule has 0 amide bonds. The molecule has 0 fully saturated rings. The van der Waals surface area contributed by atoms with Gasteiger partial charge in [0.05, 0.1) is 5.04 Å². The molecule has 4 heteroatoms. The normalized spacial score (nSPS) is 14.4. The van der Waals surface area contributed by atoms with E-state index in [4.69, 9.17) is 0 Å². The lowest BCUT2D eigenvalue weighted by Crippen LogP contribution is -1.90. The molecule has 1 aliphatic rings. The summed E-state index contributed by atoms with van der Waals surface area (Å²) in [6.07, 6.45) is 0. The molecule has 0 aliphatic carbocycles. The molecule has 0 saturated carbocycles. The van der Waals surface area contributed by atoms with Gasteiger partial charge in [0.2, 0.25) is 0 Å². The molecule has 1 aromatic rings. The number of benzene rings is 1. The van der Waals surface area contributed by atoms with E-state index in [9.17, 15) is 5.21 Å². The fourth-order valence-electron chi connectivity index (χ4n) is 1.25. The first-order chi connectivity index (χ1) is 6.90. The van der Waals surface area contributed by atoms with Gasteiger partial charge in [-0.2, -0.15) is 0 Å². The van der Waals surface area contributed by atoms with Gasteiger partial charge in [-0.15, -0.1) is 11.8 Å². The maximum absolute atomic E-state index is 9.93. The highest BCUT2D eigenvalue weighted by molar-refractivity contribution is 8.14. The Bertz CT molecular complexity index is 414. The zero-order chi connectivity index (χ0) is 9.80. The van der Waals surface area contributed by atoms with Gasteiger partial charge in [0.25, 0.3) is 0 Å². The number of aliphatic imine (C=N–C) groups is 1. The smallest absolute Gasteiger partial charge is 0.336 e. The lowest BCUT2D eigenvalue weighted by Gasteiger charge is -1.97. The third-order valence-corrected chi connectivity index (χ3v) is 2.92. The van der Waals surface area contributed by atoms with Gasteiger partial charge >= 0.3 is 6.07 Å². The van der Waals surface area contributed by atoms with Crippen LogP contribution in [-0.4, -0.2) is 17.3 Å². The fourth-order valence-corrected chi connectivity index (χ4v) is 2.11. The summed E-state index contributed by atoms with van der Waals surface area (Å²) in [5, 5.41) is 13.6. The van der Waals surface area contributed by atoms with Crippen LogP contribution in [0.4, 0.5) is 0 Å². The van der Waals surface area contributed by atoms with E-state index in [1.54, 1.807) is 11.8 Å². The SMILES string of the molecule is [O-][N+]#Cc1ccc(C2=NCCS2)cc1. The van der Waals surface area contributed by atoms with Gasteiger partial charge in [0.15, 0.2) is 0 Å². The Morgan fingerprint density at radius 1 is 1.36 bits per heavy atom. The van der Waals surface area contributed by atoms with E-state index in [1.807, 2.05) is 24.3 Å². The maximum atomic E-state index is 9.93. The van der Waals surface area contributed by atoms with Gasteiger partial charge in [-0.3, -0.25) is 4.99 Å². The first-order valence-electron chi connectivity index (χ1n) is 4.26. The predicted molar refractivity (Wildman–Crippen MR) is 60.0 cm³/mol. The van der Waals surface area contributed by atoms with Crippen LogP contribution in [0.25, 0.3) is 5.01 Å². The van der Waals surface area contributed by atoms with Gasteiger partial charge in [0.1, 0.15) is 5.56 Å². The second-order valence-corrected chi connectivity index (χ2v) is 3.90. The first kappa shape index (κ1) is 9.10. The molecular weight excluding hydrogens is 196 g/mol. The van der Waals surface area contributed by atoms with Crippen LogP contribution in [0, 0.1) is 11.3 Å². The summed E-state index contributed by atoms with van der Waals surface area (Å²) in [4.78, 5) is 4.36. The van der Waals surface area contributed by atoms with E-state index < -0.39 is 0 Å². The molecule has 0 saturated heterocycles. The first-order valence-corrected chi connectivity index (χ1v) is 5.25. The predicted octanol–water partition coefficient (Wildman–Crippen LogP) is 2.36. The highest BCUT2D eigenvalue weighted by Gasteiger charge is 2.09. The molecule has 14 heavy (non-hydrogen) atoms. The molecule has 0 atom stereocenters. The van der Waals surface area contributed by atoms with Gasteiger partial charge in [0, 0.05) is 22.9 Å².